The molecule has 190 valence electrons. The van der Waals surface area contributed by atoms with Crippen LogP contribution in [-0.2, 0) is 9.59 Å². The summed E-state index contributed by atoms with van der Waals surface area (Å²) in [6.45, 7) is 9.83. The Morgan fingerprint density at radius 2 is 1.94 bits per heavy atom. The van der Waals surface area contributed by atoms with Crippen molar-refractivity contribution in [2.24, 2.45) is 0 Å². The Balaban J connectivity index is 1.81. The van der Waals surface area contributed by atoms with Gasteiger partial charge in [-0.05, 0) is 43.4 Å². The molecule has 0 aliphatic carbocycles. The third kappa shape index (κ3) is 7.22. The molecule has 0 bridgehead atoms. The number of nitrogens with one attached hydrogen (secondary N) is 3. The fourth-order valence-electron chi connectivity index (χ4n) is 3.36. The number of fused-ring (bicyclic) bond motifs is 1. The summed E-state index contributed by atoms with van der Waals surface area (Å²) in [5.41, 5.74) is 1.11. The van der Waals surface area contributed by atoms with E-state index in [-0.39, 0.29) is 24.7 Å². The molecule has 0 saturated carbocycles. The number of hydrogen-bond donors (Lipinski definition) is 3. The maximum absolute atomic E-state index is 14.4. The summed E-state index contributed by atoms with van der Waals surface area (Å²) >= 11 is 3.24. The summed E-state index contributed by atoms with van der Waals surface area (Å²) in [5.74, 6) is -0.276. The molecule has 0 spiro atoms. The molecule has 9 nitrogen and oxygen atoms in total. The molecule has 1 aromatic heterocycles. The van der Waals surface area contributed by atoms with E-state index in [0.717, 1.165) is 19.2 Å². The molecule has 0 aliphatic heterocycles. The van der Waals surface area contributed by atoms with E-state index in [9.17, 15) is 14.0 Å². The fraction of sp³-hybridized carbons (Fsp3) is 0.280. The van der Waals surface area contributed by atoms with E-state index in [2.05, 4.69) is 48.4 Å². The zero-order chi connectivity index (χ0) is 26.1. The Morgan fingerprint density at radius 1 is 1.17 bits per heavy atom. The van der Waals surface area contributed by atoms with Crippen LogP contribution in [0.25, 0.3) is 10.9 Å². The van der Waals surface area contributed by atoms with E-state index in [1.54, 1.807) is 24.3 Å². The number of rotatable bonds is 12. The second kappa shape index (κ2) is 12.9. The highest BCUT2D eigenvalue weighted by Gasteiger charge is 2.14. The first kappa shape index (κ1) is 27.0. The number of nitrogens with zero attached hydrogens (tertiary/aromatic N) is 3. The molecule has 0 atom stereocenters. The van der Waals surface area contributed by atoms with Gasteiger partial charge in [0.25, 0.3) is 0 Å². The summed E-state index contributed by atoms with van der Waals surface area (Å²) in [6, 6.07) is 7.92. The Kier molecular flexibility index (Phi) is 9.71. The van der Waals surface area contributed by atoms with E-state index in [1.165, 1.54) is 12.4 Å². The molecule has 3 aromatic rings. The molecule has 0 saturated heterocycles. The van der Waals surface area contributed by atoms with Crippen LogP contribution in [0.5, 0.6) is 5.75 Å². The molecule has 3 rings (SSSR count). The van der Waals surface area contributed by atoms with Crippen LogP contribution in [0.15, 0.2) is 53.8 Å². The van der Waals surface area contributed by atoms with Gasteiger partial charge >= 0.3 is 0 Å². The lowest BCUT2D eigenvalue weighted by atomic mass is 10.1. The van der Waals surface area contributed by atoms with Gasteiger partial charge in [0.05, 0.1) is 30.0 Å². The minimum absolute atomic E-state index is 0.0929. The highest BCUT2D eigenvalue weighted by Crippen LogP contribution is 2.34. The van der Waals surface area contributed by atoms with Crippen LogP contribution in [0.1, 0.15) is 13.8 Å². The molecule has 0 radical (unpaired) electrons. The predicted molar refractivity (Wildman–Crippen MR) is 142 cm³/mol. The summed E-state index contributed by atoms with van der Waals surface area (Å²) < 4.78 is 20.9. The average molecular weight is 559 g/mol. The van der Waals surface area contributed by atoms with E-state index in [0.29, 0.717) is 39.2 Å². The van der Waals surface area contributed by atoms with Crippen molar-refractivity contribution >= 4 is 55.8 Å². The maximum Gasteiger partial charge on any atom is 0.247 e. The zero-order valence-electron chi connectivity index (χ0n) is 20.1. The van der Waals surface area contributed by atoms with Crippen LogP contribution < -0.4 is 20.7 Å². The Bertz CT molecular complexity index is 1250. The molecular weight excluding hydrogens is 531 g/mol. The normalized spacial score (nSPS) is 10.8. The Morgan fingerprint density at radius 3 is 2.64 bits per heavy atom. The van der Waals surface area contributed by atoms with Crippen molar-refractivity contribution in [1.29, 1.82) is 0 Å². The first-order chi connectivity index (χ1) is 17.3. The van der Waals surface area contributed by atoms with Gasteiger partial charge in [0.1, 0.15) is 30.3 Å². The van der Waals surface area contributed by atoms with Crippen molar-refractivity contribution in [2.45, 2.75) is 13.8 Å². The SMILES string of the molecule is C=CC(=O)Nc1cc2c(Nc3ccc(Br)cc3F)ncnc2cc1OCCNC(=O)CN(CC)CC. The molecule has 1 heterocycles. The number of halogens is 2. The number of carbonyl (C=O) groups is 2. The van der Waals surface area contributed by atoms with Crippen molar-refractivity contribution in [3.8, 4) is 5.75 Å². The topological polar surface area (TPSA) is 108 Å². The van der Waals surface area contributed by atoms with Gasteiger partial charge in [-0.2, -0.15) is 0 Å². The van der Waals surface area contributed by atoms with Gasteiger partial charge in [0, 0.05) is 15.9 Å². The summed E-state index contributed by atoms with van der Waals surface area (Å²) in [7, 11) is 0. The third-order valence-corrected chi connectivity index (χ3v) is 5.80. The van der Waals surface area contributed by atoms with Gasteiger partial charge in [0.15, 0.2) is 0 Å². The van der Waals surface area contributed by atoms with E-state index in [1.807, 2.05) is 18.7 Å². The Labute approximate surface area is 217 Å². The number of likely N-dealkylation sites (N-methyl/N-ethyl adjacent to an activating group) is 1. The number of hydrogen-bond acceptors (Lipinski definition) is 7. The highest BCUT2D eigenvalue weighted by molar-refractivity contribution is 9.10. The zero-order valence-corrected chi connectivity index (χ0v) is 21.7. The number of anilines is 3. The van der Waals surface area contributed by atoms with Crippen molar-refractivity contribution in [3.63, 3.8) is 0 Å². The third-order valence-electron chi connectivity index (χ3n) is 5.31. The maximum atomic E-state index is 14.4. The number of ether oxygens (including phenoxy) is 1. The Hall–Kier alpha value is -3.57. The van der Waals surface area contributed by atoms with Gasteiger partial charge in [-0.25, -0.2) is 14.4 Å². The molecule has 2 aromatic carbocycles. The minimum Gasteiger partial charge on any atom is -0.489 e. The van der Waals surface area contributed by atoms with Crippen LogP contribution in [0.2, 0.25) is 0 Å². The van der Waals surface area contributed by atoms with Crippen LogP contribution >= 0.6 is 15.9 Å². The smallest absolute Gasteiger partial charge is 0.247 e. The van der Waals surface area contributed by atoms with Crippen LogP contribution in [0.4, 0.5) is 21.6 Å². The summed E-state index contributed by atoms with van der Waals surface area (Å²) in [6.07, 6.45) is 2.49. The van der Waals surface area contributed by atoms with Gasteiger partial charge in [-0.15, -0.1) is 0 Å². The van der Waals surface area contributed by atoms with E-state index >= 15 is 0 Å². The van der Waals surface area contributed by atoms with Crippen molar-refractivity contribution in [1.82, 2.24) is 20.2 Å². The quantitative estimate of drug-likeness (QED) is 0.225. The minimum atomic E-state index is -0.459. The average Bonchev–Trinajstić information content (AvgIpc) is 2.87. The van der Waals surface area contributed by atoms with E-state index < -0.39 is 11.7 Å². The van der Waals surface area contributed by atoms with Crippen molar-refractivity contribution < 1.29 is 18.7 Å². The lowest BCUT2D eigenvalue weighted by Gasteiger charge is -2.18. The largest absolute Gasteiger partial charge is 0.489 e. The molecule has 36 heavy (non-hydrogen) atoms. The number of aromatic nitrogens is 2. The molecule has 0 aliphatic rings. The standard InChI is InChI=1S/C25H28BrFN6O3/c1-4-23(34)31-21-12-17-20(13-22(21)36-10-9-28-24(35)14-33(5-2)6-3)29-15-30-25(17)32-19-8-7-16(26)11-18(19)27/h4,7-8,11-13,15H,1,5-6,9-10,14H2,2-3H3,(H,28,35)(H,31,34)(H,29,30,32). The van der Waals surface area contributed by atoms with Crippen LogP contribution in [0.3, 0.4) is 0 Å². The van der Waals surface area contributed by atoms with Gasteiger partial charge < -0.3 is 20.7 Å². The van der Waals surface area contributed by atoms with Gasteiger partial charge in [-0.3, -0.25) is 14.5 Å². The number of carbonyl (C=O) groups excluding carboxylic acids is 2. The van der Waals surface area contributed by atoms with Gasteiger partial charge in [-0.1, -0.05) is 36.4 Å². The molecule has 2 amide bonds. The summed E-state index contributed by atoms with van der Waals surface area (Å²) in [4.78, 5) is 34.7. The number of amides is 2. The van der Waals surface area contributed by atoms with Gasteiger partial charge in [0.2, 0.25) is 11.8 Å². The lowest BCUT2D eigenvalue weighted by molar-refractivity contribution is -0.122. The summed E-state index contributed by atoms with van der Waals surface area (Å²) in [5, 5.41) is 9.05. The molecule has 11 heteroatoms. The number of benzene rings is 2. The second-order valence-electron chi connectivity index (χ2n) is 7.69. The lowest BCUT2D eigenvalue weighted by Crippen LogP contribution is -2.38. The monoisotopic (exact) mass is 558 g/mol. The fourth-order valence-corrected chi connectivity index (χ4v) is 3.69. The molecule has 0 fully saturated rings. The highest BCUT2D eigenvalue weighted by atomic mass is 79.9. The molecular formula is C25H28BrFN6O3. The predicted octanol–water partition coefficient (Wildman–Crippen LogP) is 4.24. The first-order valence-corrected chi connectivity index (χ1v) is 12.2. The first-order valence-electron chi connectivity index (χ1n) is 11.4. The van der Waals surface area contributed by atoms with Crippen LogP contribution in [-0.4, -0.2) is 59.5 Å². The van der Waals surface area contributed by atoms with Crippen molar-refractivity contribution in [2.75, 3.05) is 43.4 Å². The van der Waals surface area contributed by atoms with E-state index in [4.69, 9.17) is 4.74 Å². The van der Waals surface area contributed by atoms with Crippen LogP contribution in [0, 0.1) is 5.82 Å². The van der Waals surface area contributed by atoms with Crippen molar-refractivity contribution in [3.05, 3.63) is 59.6 Å². The second-order valence-corrected chi connectivity index (χ2v) is 8.61. The molecule has 3 N–H and O–H groups in total. The molecule has 0 unspecified atom stereocenters.